The second-order valence-corrected chi connectivity index (χ2v) is 10.4. The Hall–Kier alpha value is -1.47. The van der Waals surface area contributed by atoms with Gasteiger partial charge in [-0.05, 0) is 64.5 Å². The number of hydrogen-bond donors (Lipinski definition) is 2. The fourth-order valence-electron chi connectivity index (χ4n) is 3.09. The predicted octanol–water partition coefficient (Wildman–Crippen LogP) is 3.39. The third-order valence-electron chi connectivity index (χ3n) is 4.95. The first-order chi connectivity index (χ1) is 12.2. The summed E-state index contributed by atoms with van der Waals surface area (Å²) in [6.07, 6.45) is 3.79. The number of nitrogens with one attached hydrogen (secondary N) is 2. The molecule has 6 nitrogen and oxygen atoms in total. The second kappa shape index (κ2) is 8.48. The van der Waals surface area contributed by atoms with Crippen molar-refractivity contribution in [2.24, 2.45) is 5.92 Å². The van der Waals surface area contributed by atoms with Gasteiger partial charge in [0.2, 0.25) is 10.0 Å². The molecular formula is C19H32N2O4S. The zero-order chi connectivity index (χ0) is 19.4. The van der Waals surface area contributed by atoms with E-state index in [0.29, 0.717) is 17.4 Å². The standard InChI is InChI=1S/C19H32N2O4S/c1-19(2,3)26(22,23)21-15-8-6-14(7-9-15)13-20-16-10-11-17(24-4)18(12-16)25-5/h10-12,14-15,20-21H,6-9,13H2,1-5H3. The molecule has 0 amide bonds. The van der Waals surface area contributed by atoms with Gasteiger partial charge in [0.1, 0.15) is 0 Å². The molecule has 2 N–H and O–H groups in total. The lowest BCUT2D eigenvalue weighted by atomic mass is 9.86. The van der Waals surface area contributed by atoms with Gasteiger partial charge in [-0.3, -0.25) is 0 Å². The van der Waals surface area contributed by atoms with Crippen molar-refractivity contribution in [3.05, 3.63) is 18.2 Å². The van der Waals surface area contributed by atoms with E-state index in [4.69, 9.17) is 9.47 Å². The molecule has 0 saturated heterocycles. The van der Waals surface area contributed by atoms with Gasteiger partial charge in [0.25, 0.3) is 0 Å². The largest absolute Gasteiger partial charge is 0.493 e. The van der Waals surface area contributed by atoms with E-state index in [0.717, 1.165) is 37.9 Å². The van der Waals surface area contributed by atoms with Crippen LogP contribution in [0.25, 0.3) is 0 Å². The van der Waals surface area contributed by atoms with Crippen LogP contribution in [0.2, 0.25) is 0 Å². The Morgan fingerprint density at radius 3 is 2.19 bits per heavy atom. The molecule has 1 fully saturated rings. The number of rotatable bonds is 7. The molecule has 1 aliphatic carbocycles. The Kier molecular flexibility index (Phi) is 6.80. The molecule has 0 radical (unpaired) electrons. The first-order valence-electron chi connectivity index (χ1n) is 9.14. The highest BCUT2D eigenvalue weighted by Crippen LogP contribution is 2.31. The predicted molar refractivity (Wildman–Crippen MR) is 106 cm³/mol. The molecule has 0 spiro atoms. The van der Waals surface area contributed by atoms with Gasteiger partial charge in [-0.1, -0.05) is 0 Å². The van der Waals surface area contributed by atoms with Crippen molar-refractivity contribution in [2.45, 2.75) is 57.2 Å². The molecule has 0 bridgehead atoms. The topological polar surface area (TPSA) is 76.7 Å². The molecule has 1 aromatic rings. The molecule has 0 atom stereocenters. The maximum atomic E-state index is 12.3. The van der Waals surface area contributed by atoms with Gasteiger partial charge < -0.3 is 14.8 Å². The Labute approximate surface area is 157 Å². The maximum Gasteiger partial charge on any atom is 0.216 e. The lowest BCUT2D eigenvalue weighted by molar-refractivity contribution is 0.322. The van der Waals surface area contributed by atoms with Gasteiger partial charge in [0.15, 0.2) is 11.5 Å². The van der Waals surface area contributed by atoms with Gasteiger partial charge in [-0.25, -0.2) is 13.1 Å². The van der Waals surface area contributed by atoms with Crippen LogP contribution in [0, 0.1) is 5.92 Å². The first-order valence-corrected chi connectivity index (χ1v) is 10.6. The fourth-order valence-corrected chi connectivity index (χ4v) is 4.12. The molecule has 7 heteroatoms. The minimum absolute atomic E-state index is 0.0524. The number of ether oxygens (including phenoxy) is 2. The van der Waals surface area contributed by atoms with Gasteiger partial charge in [-0.2, -0.15) is 0 Å². The van der Waals surface area contributed by atoms with E-state index < -0.39 is 14.8 Å². The van der Waals surface area contributed by atoms with E-state index in [2.05, 4.69) is 10.0 Å². The summed E-state index contributed by atoms with van der Waals surface area (Å²) in [7, 11) is -0.0270. The van der Waals surface area contributed by atoms with Gasteiger partial charge >= 0.3 is 0 Å². The van der Waals surface area contributed by atoms with Crippen LogP contribution in [-0.4, -0.2) is 40.0 Å². The fraction of sp³-hybridized carbons (Fsp3) is 0.684. The minimum Gasteiger partial charge on any atom is -0.493 e. The molecule has 1 aromatic carbocycles. The van der Waals surface area contributed by atoms with Crippen molar-refractivity contribution < 1.29 is 17.9 Å². The smallest absolute Gasteiger partial charge is 0.216 e. The van der Waals surface area contributed by atoms with Crippen molar-refractivity contribution in [3.8, 4) is 11.5 Å². The summed E-state index contributed by atoms with van der Waals surface area (Å²) in [5.41, 5.74) is 0.998. The second-order valence-electron chi connectivity index (χ2n) is 7.90. The number of sulfonamides is 1. The van der Waals surface area contributed by atoms with E-state index >= 15 is 0 Å². The molecule has 2 rings (SSSR count). The van der Waals surface area contributed by atoms with E-state index in [9.17, 15) is 8.42 Å². The van der Waals surface area contributed by atoms with Crippen molar-refractivity contribution in [2.75, 3.05) is 26.1 Å². The Balaban J connectivity index is 1.82. The van der Waals surface area contributed by atoms with Crippen molar-refractivity contribution >= 4 is 15.7 Å². The molecule has 0 unspecified atom stereocenters. The number of methoxy groups -OCH3 is 2. The van der Waals surface area contributed by atoms with Gasteiger partial charge in [0, 0.05) is 24.3 Å². The average Bonchev–Trinajstić information content (AvgIpc) is 2.59. The van der Waals surface area contributed by atoms with Crippen LogP contribution in [0.4, 0.5) is 5.69 Å². The van der Waals surface area contributed by atoms with Crippen LogP contribution in [0.3, 0.4) is 0 Å². The molecule has 1 aliphatic rings. The summed E-state index contributed by atoms with van der Waals surface area (Å²) in [6, 6.07) is 5.85. The molecule has 26 heavy (non-hydrogen) atoms. The highest BCUT2D eigenvalue weighted by Gasteiger charge is 2.32. The molecule has 0 aliphatic heterocycles. The van der Waals surface area contributed by atoms with Crippen LogP contribution >= 0.6 is 0 Å². The lowest BCUT2D eigenvalue weighted by Gasteiger charge is -2.31. The summed E-state index contributed by atoms with van der Waals surface area (Å²) in [5, 5.41) is 3.45. The zero-order valence-electron chi connectivity index (χ0n) is 16.5. The van der Waals surface area contributed by atoms with Crippen LogP contribution in [0.1, 0.15) is 46.5 Å². The Bertz CT molecular complexity index is 690. The molecule has 1 saturated carbocycles. The van der Waals surface area contributed by atoms with Crippen LogP contribution in [0.15, 0.2) is 18.2 Å². The monoisotopic (exact) mass is 384 g/mol. The molecular weight excluding hydrogens is 352 g/mol. The van der Waals surface area contributed by atoms with Crippen molar-refractivity contribution in [1.82, 2.24) is 4.72 Å². The highest BCUT2D eigenvalue weighted by molar-refractivity contribution is 7.90. The van der Waals surface area contributed by atoms with Gasteiger partial charge in [0.05, 0.1) is 19.0 Å². The van der Waals surface area contributed by atoms with Crippen LogP contribution in [0.5, 0.6) is 11.5 Å². The molecule has 148 valence electrons. The third kappa shape index (κ3) is 5.27. The Morgan fingerprint density at radius 1 is 1.04 bits per heavy atom. The number of hydrogen-bond acceptors (Lipinski definition) is 5. The lowest BCUT2D eigenvalue weighted by Crippen LogP contribution is -2.46. The quantitative estimate of drug-likeness (QED) is 0.753. The Morgan fingerprint density at radius 2 is 1.65 bits per heavy atom. The third-order valence-corrected chi connectivity index (χ3v) is 7.21. The summed E-state index contributed by atoms with van der Waals surface area (Å²) in [4.78, 5) is 0. The zero-order valence-corrected chi connectivity index (χ0v) is 17.3. The summed E-state index contributed by atoms with van der Waals surface area (Å²) >= 11 is 0. The number of anilines is 1. The van der Waals surface area contributed by atoms with Crippen molar-refractivity contribution in [1.29, 1.82) is 0 Å². The van der Waals surface area contributed by atoms with E-state index in [1.807, 2.05) is 18.2 Å². The van der Waals surface area contributed by atoms with Crippen molar-refractivity contribution in [3.63, 3.8) is 0 Å². The molecule has 0 heterocycles. The van der Waals surface area contributed by atoms with E-state index in [1.54, 1.807) is 35.0 Å². The average molecular weight is 385 g/mol. The first kappa shape index (κ1) is 20.8. The maximum absolute atomic E-state index is 12.3. The number of benzene rings is 1. The summed E-state index contributed by atoms with van der Waals surface area (Å²) in [5.74, 6) is 1.96. The van der Waals surface area contributed by atoms with E-state index in [-0.39, 0.29) is 6.04 Å². The molecule has 0 aromatic heterocycles. The highest BCUT2D eigenvalue weighted by atomic mass is 32.2. The van der Waals surface area contributed by atoms with E-state index in [1.165, 1.54) is 0 Å². The van der Waals surface area contributed by atoms with Crippen LogP contribution < -0.4 is 19.5 Å². The van der Waals surface area contributed by atoms with Gasteiger partial charge in [-0.15, -0.1) is 0 Å². The summed E-state index contributed by atoms with van der Waals surface area (Å²) < 4.78 is 37.3. The van der Waals surface area contributed by atoms with Crippen LogP contribution in [-0.2, 0) is 10.0 Å². The minimum atomic E-state index is -3.28. The normalized spacial score (nSPS) is 21.3. The SMILES string of the molecule is COc1ccc(NCC2CCC(NS(=O)(=O)C(C)(C)C)CC2)cc1OC. The summed E-state index contributed by atoms with van der Waals surface area (Å²) in [6.45, 7) is 6.06.